The predicted molar refractivity (Wildman–Crippen MR) is 94.3 cm³/mol. The van der Waals surface area contributed by atoms with Crippen LogP contribution in [0.15, 0.2) is 30.3 Å². The van der Waals surface area contributed by atoms with Gasteiger partial charge in [0.25, 0.3) is 15.9 Å². The van der Waals surface area contributed by atoms with Gasteiger partial charge in [0.15, 0.2) is 5.37 Å². The van der Waals surface area contributed by atoms with Crippen LogP contribution in [0.5, 0.6) is 0 Å². The average molecular weight is 381 g/mol. The van der Waals surface area contributed by atoms with E-state index >= 15 is 0 Å². The van der Waals surface area contributed by atoms with Crippen molar-refractivity contribution in [3.05, 3.63) is 47.5 Å². The van der Waals surface area contributed by atoms with Crippen molar-refractivity contribution < 1.29 is 17.6 Å². The monoisotopic (exact) mass is 381 g/mol. The number of nitrogens with zero attached hydrogens (tertiary/aromatic N) is 2. The van der Waals surface area contributed by atoms with Crippen LogP contribution >= 0.6 is 0 Å². The quantitative estimate of drug-likeness (QED) is 0.734. The van der Waals surface area contributed by atoms with E-state index < -0.39 is 39.1 Å². The fraction of sp³-hybridized carbons (Fsp3) is 0.375. The second-order valence-electron chi connectivity index (χ2n) is 6.35. The number of nitrogens with one attached hydrogen (secondary N) is 3. The molecule has 0 spiro atoms. The number of carbonyl (C=O) groups is 1. The van der Waals surface area contributed by atoms with Crippen molar-refractivity contribution in [3.63, 3.8) is 0 Å². The maximum atomic E-state index is 13.0. The highest BCUT2D eigenvalue weighted by Crippen LogP contribution is 2.24. The van der Waals surface area contributed by atoms with Crippen molar-refractivity contribution in [2.45, 2.75) is 32.2 Å². The molecule has 10 heteroatoms. The van der Waals surface area contributed by atoms with E-state index in [4.69, 9.17) is 0 Å². The topological polar surface area (TPSA) is 105 Å². The van der Waals surface area contributed by atoms with E-state index in [1.165, 1.54) is 16.8 Å². The zero-order valence-corrected chi connectivity index (χ0v) is 15.3. The summed E-state index contributed by atoms with van der Waals surface area (Å²) in [6.45, 7) is 5.21. The second-order valence-corrected chi connectivity index (χ2v) is 8.16. The van der Waals surface area contributed by atoms with E-state index in [1.807, 2.05) is 0 Å². The van der Waals surface area contributed by atoms with E-state index in [0.717, 1.165) is 12.1 Å². The van der Waals surface area contributed by atoms with Gasteiger partial charge in [0, 0.05) is 17.4 Å². The summed E-state index contributed by atoms with van der Waals surface area (Å²) < 4.78 is 42.2. The SMILES string of the molecule is Cc1cc(C)n(C(=O)C2C(C)NNC2S(=O)(=O)Nc2ccc(F)cc2)n1. The number of hydrogen-bond donors (Lipinski definition) is 3. The first-order chi connectivity index (χ1) is 12.2. The fourth-order valence-corrected chi connectivity index (χ4v) is 4.56. The van der Waals surface area contributed by atoms with Gasteiger partial charge in [0.05, 0.1) is 11.6 Å². The van der Waals surface area contributed by atoms with Crippen LogP contribution in [-0.4, -0.2) is 35.5 Å². The molecule has 3 N–H and O–H groups in total. The number of rotatable bonds is 4. The Morgan fingerprint density at radius 3 is 2.46 bits per heavy atom. The summed E-state index contributed by atoms with van der Waals surface area (Å²) in [6, 6.07) is 6.26. The molecule has 1 aromatic carbocycles. The molecule has 3 atom stereocenters. The maximum Gasteiger partial charge on any atom is 0.254 e. The molecule has 8 nitrogen and oxygen atoms in total. The summed E-state index contributed by atoms with van der Waals surface area (Å²) in [4.78, 5) is 12.9. The molecule has 1 aromatic heterocycles. The molecular formula is C16H20FN5O3S. The third-order valence-electron chi connectivity index (χ3n) is 4.26. The van der Waals surface area contributed by atoms with Crippen molar-refractivity contribution in [2.75, 3.05) is 4.72 Å². The Hall–Kier alpha value is -2.30. The van der Waals surface area contributed by atoms with Gasteiger partial charge in [0.1, 0.15) is 5.82 Å². The molecule has 1 saturated heterocycles. The van der Waals surface area contributed by atoms with Gasteiger partial charge in [-0.25, -0.2) is 22.9 Å². The van der Waals surface area contributed by atoms with E-state index in [2.05, 4.69) is 20.7 Å². The minimum absolute atomic E-state index is 0.213. The first-order valence-corrected chi connectivity index (χ1v) is 9.59. The van der Waals surface area contributed by atoms with Gasteiger partial charge in [-0.05, 0) is 51.1 Å². The van der Waals surface area contributed by atoms with Crippen molar-refractivity contribution in [3.8, 4) is 0 Å². The minimum atomic E-state index is -3.98. The lowest BCUT2D eigenvalue weighted by Crippen LogP contribution is -2.45. The van der Waals surface area contributed by atoms with E-state index in [-0.39, 0.29) is 5.69 Å². The summed E-state index contributed by atoms with van der Waals surface area (Å²) in [7, 11) is -3.98. The molecule has 3 unspecified atom stereocenters. The second kappa shape index (κ2) is 6.78. The summed E-state index contributed by atoms with van der Waals surface area (Å²) in [5.41, 5.74) is 6.99. The third kappa shape index (κ3) is 3.48. The van der Waals surface area contributed by atoms with Crippen molar-refractivity contribution in [1.82, 2.24) is 20.6 Å². The highest BCUT2D eigenvalue weighted by Gasteiger charge is 2.47. The van der Waals surface area contributed by atoms with Crippen LogP contribution in [0.3, 0.4) is 0 Å². The van der Waals surface area contributed by atoms with Gasteiger partial charge >= 0.3 is 0 Å². The van der Waals surface area contributed by atoms with Gasteiger partial charge in [-0.2, -0.15) is 5.10 Å². The lowest BCUT2D eigenvalue weighted by Gasteiger charge is -2.21. The number of sulfonamides is 1. The summed E-state index contributed by atoms with van der Waals surface area (Å²) >= 11 is 0. The molecular weight excluding hydrogens is 361 g/mol. The summed E-state index contributed by atoms with van der Waals surface area (Å²) in [5, 5.41) is 2.94. The smallest absolute Gasteiger partial charge is 0.254 e. The van der Waals surface area contributed by atoms with Gasteiger partial charge in [-0.3, -0.25) is 14.9 Å². The highest BCUT2D eigenvalue weighted by atomic mass is 32.2. The largest absolute Gasteiger partial charge is 0.282 e. The number of hydrogen-bond acceptors (Lipinski definition) is 6. The normalized spacial score (nSPS) is 23.2. The summed E-state index contributed by atoms with van der Waals surface area (Å²) in [5.74, 6) is -1.79. The predicted octanol–water partition coefficient (Wildman–Crippen LogP) is 1.16. The van der Waals surface area contributed by atoms with Gasteiger partial charge in [-0.15, -0.1) is 0 Å². The highest BCUT2D eigenvalue weighted by molar-refractivity contribution is 7.93. The summed E-state index contributed by atoms with van der Waals surface area (Å²) in [6.07, 6.45) is 0. The Bertz CT molecular complexity index is 926. The van der Waals surface area contributed by atoms with E-state index in [9.17, 15) is 17.6 Å². The van der Waals surface area contributed by atoms with Crippen LogP contribution in [0.4, 0.5) is 10.1 Å². The fourth-order valence-electron chi connectivity index (χ4n) is 3.01. The molecule has 1 aliphatic rings. The van der Waals surface area contributed by atoms with Crippen molar-refractivity contribution >= 4 is 21.6 Å². The Morgan fingerprint density at radius 2 is 1.88 bits per heavy atom. The number of halogens is 1. The Morgan fingerprint density at radius 1 is 1.23 bits per heavy atom. The Balaban J connectivity index is 1.89. The zero-order valence-electron chi connectivity index (χ0n) is 14.5. The molecule has 2 aromatic rings. The average Bonchev–Trinajstić information content (AvgIpc) is 3.11. The molecule has 0 amide bonds. The Kier molecular flexibility index (Phi) is 4.82. The van der Waals surface area contributed by atoms with Crippen molar-refractivity contribution in [2.24, 2.45) is 5.92 Å². The molecule has 3 rings (SSSR count). The van der Waals surface area contributed by atoms with Crippen LogP contribution in [-0.2, 0) is 10.0 Å². The molecule has 0 radical (unpaired) electrons. The van der Waals surface area contributed by atoms with Gasteiger partial charge in [0.2, 0.25) is 0 Å². The number of hydrazine groups is 1. The molecule has 140 valence electrons. The first-order valence-electron chi connectivity index (χ1n) is 8.05. The van der Waals surface area contributed by atoms with Crippen LogP contribution in [0.1, 0.15) is 23.1 Å². The van der Waals surface area contributed by atoms with Gasteiger partial charge in [-0.1, -0.05) is 0 Å². The molecule has 0 aliphatic carbocycles. The molecule has 0 saturated carbocycles. The maximum absolute atomic E-state index is 13.0. The lowest BCUT2D eigenvalue weighted by molar-refractivity contribution is 0.0808. The lowest BCUT2D eigenvalue weighted by atomic mass is 10.0. The van der Waals surface area contributed by atoms with Crippen LogP contribution < -0.4 is 15.6 Å². The van der Waals surface area contributed by atoms with E-state index in [1.54, 1.807) is 26.8 Å². The van der Waals surface area contributed by atoms with Gasteiger partial charge < -0.3 is 0 Å². The Labute approximate surface area is 150 Å². The molecule has 0 bridgehead atoms. The number of benzene rings is 1. The van der Waals surface area contributed by atoms with Crippen LogP contribution in [0, 0.1) is 25.6 Å². The molecule has 1 aliphatic heterocycles. The van der Waals surface area contributed by atoms with Crippen molar-refractivity contribution in [1.29, 1.82) is 0 Å². The minimum Gasteiger partial charge on any atom is -0.282 e. The molecule has 2 heterocycles. The number of aromatic nitrogens is 2. The number of carbonyl (C=O) groups excluding carboxylic acids is 1. The zero-order chi connectivity index (χ0) is 19.1. The van der Waals surface area contributed by atoms with Crippen LogP contribution in [0.2, 0.25) is 0 Å². The van der Waals surface area contributed by atoms with Crippen LogP contribution in [0.25, 0.3) is 0 Å². The van der Waals surface area contributed by atoms with E-state index in [0.29, 0.717) is 11.4 Å². The molecule has 26 heavy (non-hydrogen) atoms. The number of aryl methyl sites for hydroxylation is 2. The molecule has 1 fully saturated rings. The third-order valence-corrected chi connectivity index (χ3v) is 5.86. The first kappa shape index (κ1) is 18.5. The standard InChI is InChI=1S/C16H20FN5O3S/c1-9-8-10(2)22(20-9)16(23)14-11(3)18-19-15(14)26(24,25)21-13-6-4-12(17)5-7-13/h4-8,11,14-15,18-19,21H,1-3H3. The number of anilines is 1.